The SMILES string of the molecule is Cc1sc(CN(C)C2CC3CCC(C2)N3)cc1Br. The summed E-state index contributed by atoms with van der Waals surface area (Å²) in [5.74, 6) is 0. The summed E-state index contributed by atoms with van der Waals surface area (Å²) >= 11 is 5.53. The Hall–Kier alpha value is 0.100. The topological polar surface area (TPSA) is 15.3 Å². The largest absolute Gasteiger partial charge is 0.311 e. The van der Waals surface area contributed by atoms with Gasteiger partial charge < -0.3 is 5.32 Å². The number of fused-ring (bicyclic) bond motifs is 2. The Balaban J connectivity index is 1.62. The number of hydrogen-bond acceptors (Lipinski definition) is 3. The Morgan fingerprint density at radius 2 is 2.06 bits per heavy atom. The van der Waals surface area contributed by atoms with Gasteiger partial charge in [-0.3, -0.25) is 4.90 Å². The Labute approximate surface area is 122 Å². The first kappa shape index (κ1) is 13.1. The van der Waals surface area contributed by atoms with Gasteiger partial charge in [-0.1, -0.05) is 0 Å². The van der Waals surface area contributed by atoms with Crippen LogP contribution in [-0.2, 0) is 6.54 Å². The summed E-state index contributed by atoms with van der Waals surface area (Å²) in [4.78, 5) is 5.43. The fourth-order valence-electron chi connectivity index (χ4n) is 3.36. The molecule has 2 saturated heterocycles. The van der Waals surface area contributed by atoms with Crippen LogP contribution >= 0.6 is 27.3 Å². The van der Waals surface area contributed by atoms with Crippen molar-refractivity contribution in [2.45, 2.75) is 57.3 Å². The Morgan fingerprint density at radius 1 is 1.39 bits per heavy atom. The molecule has 3 heterocycles. The first-order valence-corrected chi connectivity index (χ1v) is 8.44. The van der Waals surface area contributed by atoms with Crippen LogP contribution in [0.1, 0.15) is 35.4 Å². The van der Waals surface area contributed by atoms with Crippen LogP contribution < -0.4 is 5.32 Å². The molecule has 0 spiro atoms. The summed E-state index contributed by atoms with van der Waals surface area (Å²) < 4.78 is 1.27. The second kappa shape index (κ2) is 5.23. The molecule has 2 fully saturated rings. The number of rotatable bonds is 3. The zero-order chi connectivity index (χ0) is 12.7. The van der Waals surface area contributed by atoms with E-state index in [0.29, 0.717) is 0 Å². The minimum Gasteiger partial charge on any atom is -0.311 e. The predicted molar refractivity (Wildman–Crippen MR) is 81.2 cm³/mol. The van der Waals surface area contributed by atoms with Crippen molar-refractivity contribution in [2.24, 2.45) is 0 Å². The highest BCUT2D eigenvalue weighted by atomic mass is 79.9. The van der Waals surface area contributed by atoms with Crippen molar-refractivity contribution in [3.05, 3.63) is 20.3 Å². The Kier molecular flexibility index (Phi) is 3.81. The maximum absolute atomic E-state index is 3.72. The molecule has 4 heteroatoms. The van der Waals surface area contributed by atoms with Crippen LogP contribution in [-0.4, -0.2) is 30.1 Å². The average Bonchev–Trinajstić information content (AvgIpc) is 2.82. The molecule has 0 amide bonds. The van der Waals surface area contributed by atoms with E-state index in [1.807, 2.05) is 11.3 Å². The van der Waals surface area contributed by atoms with Gasteiger partial charge in [-0.25, -0.2) is 0 Å². The molecule has 1 aromatic heterocycles. The van der Waals surface area contributed by atoms with E-state index in [2.05, 4.69) is 46.2 Å². The number of halogens is 1. The Bertz CT molecular complexity index is 400. The van der Waals surface area contributed by atoms with Crippen molar-refractivity contribution in [1.82, 2.24) is 10.2 Å². The standard InChI is InChI=1S/C14H21BrN2S/c1-9-14(15)7-13(18-9)8-17(2)12-5-10-3-4-11(6-12)16-10/h7,10-12,16H,3-6,8H2,1-2H3. The van der Waals surface area contributed by atoms with Crippen LogP contribution in [0, 0.1) is 6.92 Å². The van der Waals surface area contributed by atoms with Gasteiger partial charge >= 0.3 is 0 Å². The molecule has 1 aromatic rings. The van der Waals surface area contributed by atoms with Gasteiger partial charge in [-0.2, -0.15) is 0 Å². The number of thiophene rings is 1. The van der Waals surface area contributed by atoms with Crippen LogP contribution in [0.15, 0.2) is 10.5 Å². The highest BCUT2D eigenvalue weighted by Gasteiger charge is 2.35. The third kappa shape index (κ3) is 2.67. The molecule has 2 aliphatic rings. The fourth-order valence-corrected chi connectivity index (χ4v) is 5.02. The molecule has 2 unspecified atom stereocenters. The van der Waals surface area contributed by atoms with E-state index >= 15 is 0 Å². The summed E-state index contributed by atoms with van der Waals surface area (Å²) in [6.45, 7) is 3.28. The first-order chi connectivity index (χ1) is 8.61. The van der Waals surface area contributed by atoms with Crippen LogP contribution in [0.5, 0.6) is 0 Å². The lowest BCUT2D eigenvalue weighted by atomic mass is 9.98. The maximum atomic E-state index is 3.72. The van der Waals surface area contributed by atoms with Crippen LogP contribution in [0.4, 0.5) is 0 Å². The van der Waals surface area contributed by atoms with E-state index in [9.17, 15) is 0 Å². The molecule has 100 valence electrons. The zero-order valence-corrected chi connectivity index (χ0v) is 13.5. The van der Waals surface area contributed by atoms with Gasteiger partial charge in [-0.05, 0) is 61.7 Å². The van der Waals surface area contributed by atoms with E-state index in [0.717, 1.165) is 24.7 Å². The third-order valence-electron chi connectivity index (χ3n) is 4.38. The molecule has 0 radical (unpaired) electrons. The lowest BCUT2D eigenvalue weighted by Crippen LogP contribution is -2.46. The monoisotopic (exact) mass is 328 g/mol. The number of nitrogens with one attached hydrogen (secondary N) is 1. The van der Waals surface area contributed by atoms with E-state index in [1.165, 1.54) is 39.9 Å². The molecule has 1 N–H and O–H groups in total. The fraction of sp³-hybridized carbons (Fsp3) is 0.714. The zero-order valence-electron chi connectivity index (χ0n) is 11.1. The minimum atomic E-state index is 0.768. The Morgan fingerprint density at radius 3 is 2.61 bits per heavy atom. The first-order valence-electron chi connectivity index (χ1n) is 6.83. The highest BCUT2D eigenvalue weighted by Crippen LogP contribution is 2.32. The summed E-state index contributed by atoms with van der Waals surface area (Å²) in [7, 11) is 2.29. The molecular formula is C14H21BrN2S. The van der Waals surface area contributed by atoms with Crippen molar-refractivity contribution < 1.29 is 0 Å². The lowest BCUT2D eigenvalue weighted by molar-refractivity contribution is 0.167. The van der Waals surface area contributed by atoms with Crippen molar-refractivity contribution in [1.29, 1.82) is 0 Å². The summed E-state index contributed by atoms with van der Waals surface area (Å²) in [6, 6.07) is 4.62. The average molecular weight is 329 g/mol. The van der Waals surface area contributed by atoms with E-state index in [4.69, 9.17) is 0 Å². The quantitative estimate of drug-likeness (QED) is 0.913. The molecule has 3 rings (SSSR count). The van der Waals surface area contributed by atoms with Gasteiger partial charge in [0.2, 0.25) is 0 Å². The molecule has 2 nitrogen and oxygen atoms in total. The van der Waals surface area contributed by atoms with Gasteiger partial charge in [0.15, 0.2) is 0 Å². The van der Waals surface area contributed by atoms with E-state index < -0.39 is 0 Å². The van der Waals surface area contributed by atoms with Gasteiger partial charge in [0.05, 0.1) is 0 Å². The molecule has 2 aliphatic heterocycles. The van der Waals surface area contributed by atoms with E-state index in [-0.39, 0.29) is 0 Å². The van der Waals surface area contributed by atoms with Crippen LogP contribution in [0.3, 0.4) is 0 Å². The smallest absolute Gasteiger partial charge is 0.0328 e. The number of aryl methyl sites for hydroxylation is 1. The molecule has 2 bridgehead atoms. The summed E-state index contributed by atoms with van der Waals surface area (Å²) in [6.07, 6.45) is 5.44. The third-order valence-corrected chi connectivity index (χ3v) is 6.51. The normalized spacial score (nSPS) is 31.2. The molecule has 18 heavy (non-hydrogen) atoms. The van der Waals surface area contributed by atoms with Crippen molar-refractivity contribution in [3.63, 3.8) is 0 Å². The number of piperidine rings is 1. The highest BCUT2D eigenvalue weighted by molar-refractivity contribution is 9.10. The van der Waals surface area contributed by atoms with Gasteiger partial charge in [0.1, 0.15) is 0 Å². The molecular weight excluding hydrogens is 308 g/mol. The number of hydrogen-bond donors (Lipinski definition) is 1. The van der Waals surface area contributed by atoms with Crippen molar-refractivity contribution in [2.75, 3.05) is 7.05 Å². The van der Waals surface area contributed by atoms with Crippen molar-refractivity contribution >= 4 is 27.3 Å². The lowest BCUT2D eigenvalue weighted by Gasteiger charge is -2.35. The molecule has 2 atom stereocenters. The second-order valence-electron chi connectivity index (χ2n) is 5.80. The molecule has 0 saturated carbocycles. The van der Waals surface area contributed by atoms with Gasteiger partial charge in [0, 0.05) is 38.9 Å². The van der Waals surface area contributed by atoms with Crippen molar-refractivity contribution in [3.8, 4) is 0 Å². The maximum Gasteiger partial charge on any atom is 0.0328 e. The van der Waals surface area contributed by atoms with Crippen LogP contribution in [0.25, 0.3) is 0 Å². The number of nitrogens with zero attached hydrogens (tertiary/aromatic N) is 1. The molecule has 0 aliphatic carbocycles. The van der Waals surface area contributed by atoms with Crippen LogP contribution in [0.2, 0.25) is 0 Å². The minimum absolute atomic E-state index is 0.768. The van der Waals surface area contributed by atoms with E-state index in [1.54, 1.807) is 0 Å². The second-order valence-corrected chi connectivity index (χ2v) is 7.99. The molecule has 0 aromatic carbocycles. The summed E-state index contributed by atoms with van der Waals surface area (Å²) in [5.41, 5.74) is 0. The summed E-state index contributed by atoms with van der Waals surface area (Å²) in [5, 5.41) is 3.72. The van der Waals surface area contributed by atoms with Gasteiger partial charge in [0.25, 0.3) is 0 Å². The predicted octanol–water partition coefficient (Wildman–Crippen LogP) is 3.53. The van der Waals surface area contributed by atoms with Gasteiger partial charge in [-0.15, -0.1) is 11.3 Å².